The molecular weight excluding hydrogens is 348 g/mol. The van der Waals surface area contributed by atoms with Crippen molar-refractivity contribution in [3.63, 3.8) is 0 Å². The Morgan fingerprint density at radius 2 is 2.04 bits per heavy atom. The fraction of sp³-hybridized carbons (Fsp3) is 0.706. The molecule has 7 heteroatoms. The molecule has 0 bridgehead atoms. The fourth-order valence-corrected chi connectivity index (χ4v) is 4.55. The predicted molar refractivity (Wildman–Crippen MR) is 95.8 cm³/mol. The smallest absolute Gasteiger partial charge is 0.263 e. The van der Waals surface area contributed by atoms with Crippen molar-refractivity contribution >= 4 is 28.8 Å². The summed E-state index contributed by atoms with van der Waals surface area (Å²) in [7, 11) is 0. The third kappa shape index (κ3) is 3.63. The van der Waals surface area contributed by atoms with Gasteiger partial charge in [-0.05, 0) is 18.6 Å². The van der Waals surface area contributed by atoms with Crippen molar-refractivity contribution in [2.75, 3.05) is 45.9 Å². The van der Waals surface area contributed by atoms with E-state index in [0.29, 0.717) is 35.3 Å². The Labute approximate surface area is 152 Å². The number of carbonyl (C=O) groups is 1. The molecule has 134 valence electrons. The van der Waals surface area contributed by atoms with Gasteiger partial charge in [0.2, 0.25) is 0 Å². The summed E-state index contributed by atoms with van der Waals surface area (Å²) in [5.41, 5.74) is -1.17. The molecule has 0 spiro atoms. The maximum Gasteiger partial charge on any atom is 0.263 e. The van der Waals surface area contributed by atoms with E-state index in [1.54, 1.807) is 12.1 Å². The van der Waals surface area contributed by atoms with Gasteiger partial charge in [-0.2, -0.15) is 0 Å². The van der Waals surface area contributed by atoms with Crippen molar-refractivity contribution in [2.24, 2.45) is 5.41 Å². The van der Waals surface area contributed by atoms with Gasteiger partial charge >= 0.3 is 0 Å². The Kier molecular flexibility index (Phi) is 5.23. The zero-order valence-corrected chi connectivity index (χ0v) is 15.8. The molecule has 1 aromatic heterocycles. The first-order chi connectivity index (χ1) is 11.3. The van der Waals surface area contributed by atoms with E-state index in [0.717, 1.165) is 26.3 Å². The van der Waals surface area contributed by atoms with Gasteiger partial charge in [0, 0.05) is 38.1 Å². The largest absolute Gasteiger partial charge is 0.388 e. The van der Waals surface area contributed by atoms with Gasteiger partial charge in [0.25, 0.3) is 5.91 Å². The molecule has 1 atom stereocenters. The molecule has 0 aliphatic carbocycles. The normalized spacial score (nSPS) is 28.1. The van der Waals surface area contributed by atoms with Crippen molar-refractivity contribution in [1.82, 2.24) is 9.80 Å². The number of thiophene rings is 1. The zero-order chi connectivity index (χ0) is 17.4. The zero-order valence-electron chi connectivity index (χ0n) is 14.3. The molecule has 0 aromatic carbocycles. The Morgan fingerprint density at radius 1 is 1.33 bits per heavy atom. The van der Waals surface area contributed by atoms with Gasteiger partial charge in [0.1, 0.15) is 0 Å². The number of piperidine rings is 1. The molecule has 2 aliphatic rings. The number of morpholine rings is 1. The Morgan fingerprint density at radius 3 is 2.62 bits per heavy atom. The number of β-amino-alcohol motifs (C(OH)–C–C–N with tert-alkyl or cyclic N) is 1. The summed E-state index contributed by atoms with van der Waals surface area (Å²) in [6.45, 7) is 9.00. The molecule has 0 radical (unpaired) electrons. The number of hydrogen-bond donors (Lipinski definition) is 1. The molecule has 0 unspecified atom stereocenters. The molecule has 2 saturated heterocycles. The van der Waals surface area contributed by atoms with Gasteiger partial charge in [0.15, 0.2) is 0 Å². The lowest BCUT2D eigenvalue weighted by Gasteiger charge is -2.52. The molecule has 24 heavy (non-hydrogen) atoms. The van der Waals surface area contributed by atoms with Crippen molar-refractivity contribution in [2.45, 2.75) is 25.9 Å². The summed E-state index contributed by atoms with van der Waals surface area (Å²) in [5.74, 6) is 0.00778. The van der Waals surface area contributed by atoms with E-state index in [1.807, 2.05) is 18.7 Å². The fourth-order valence-electron chi connectivity index (χ4n) is 3.54. The van der Waals surface area contributed by atoms with Crippen LogP contribution in [0.3, 0.4) is 0 Å². The second-order valence-electron chi connectivity index (χ2n) is 7.38. The number of nitrogens with zero attached hydrogens (tertiary/aromatic N) is 2. The van der Waals surface area contributed by atoms with Crippen LogP contribution in [0.15, 0.2) is 12.1 Å². The van der Waals surface area contributed by atoms with Crippen LogP contribution in [0.25, 0.3) is 0 Å². The van der Waals surface area contributed by atoms with Gasteiger partial charge in [-0.3, -0.25) is 9.69 Å². The maximum atomic E-state index is 12.7. The highest BCUT2D eigenvalue weighted by Gasteiger charge is 2.49. The SMILES string of the molecule is CC1(C)CN(C(=O)c2ccc(Cl)s2)CC[C@@]1(O)CN1CCOCC1. The highest BCUT2D eigenvalue weighted by Crippen LogP contribution is 2.40. The van der Waals surface area contributed by atoms with Crippen LogP contribution in [-0.2, 0) is 4.74 Å². The van der Waals surface area contributed by atoms with E-state index in [1.165, 1.54) is 11.3 Å². The van der Waals surface area contributed by atoms with Crippen LogP contribution in [0.2, 0.25) is 4.34 Å². The van der Waals surface area contributed by atoms with Crippen molar-refractivity contribution < 1.29 is 14.6 Å². The number of hydrogen-bond acceptors (Lipinski definition) is 5. The van der Waals surface area contributed by atoms with E-state index in [4.69, 9.17) is 16.3 Å². The lowest BCUT2D eigenvalue weighted by Crippen LogP contribution is -2.63. The van der Waals surface area contributed by atoms with E-state index < -0.39 is 5.60 Å². The molecule has 3 rings (SSSR count). The van der Waals surface area contributed by atoms with Crippen LogP contribution < -0.4 is 0 Å². The van der Waals surface area contributed by atoms with Crippen LogP contribution in [-0.4, -0.2) is 72.4 Å². The third-order valence-electron chi connectivity index (χ3n) is 5.30. The second-order valence-corrected chi connectivity index (χ2v) is 9.10. The number of aliphatic hydroxyl groups is 1. The molecular formula is C17H25ClN2O3S. The van der Waals surface area contributed by atoms with Crippen molar-refractivity contribution in [3.05, 3.63) is 21.3 Å². The quantitative estimate of drug-likeness (QED) is 0.884. The van der Waals surface area contributed by atoms with Gasteiger partial charge in [0.05, 0.1) is 28.0 Å². The molecule has 0 saturated carbocycles. The summed E-state index contributed by atoms with van der Waals surface area (Å²) in [6, 6.07) is 3.53. The van der Waals surface area contributed by atoms with Crippen LogP contribution in [0, 0.1) is 5.41 Å². The molecule has 1 aromatic rings. The minimum absolute atomic E-state index is 0.00778. The maximum absolute atomic E-state index is 12.7. The number of halogens is 1. The molecule has 5 nitrogen and oxygen atoms in total. The first kappa shape index (κ1) is 18.1. The van der Waals surface area contributed by atoms with Crippen LogP contribution in [0.5, 0.6) is 0 Å². The highest BCUT2D eigenvalue weighted by molar-refractivity contribution is 7.17. The Bertz CT molecular complexity index is 600. The third-order valence-corrected chi connectivity index (χ3v) is 6.52. The molecule has 2 aliphatic heterocycles. The standard InChI is InChI=1S/C17H25ClN2O3S/c1-16(2)11-20(15(21)13-3-4-14(18)24-13)6-5-17(16,22)12-19-7-9-23-10-8-19/h3-4,22H,5-12H2,1-2H3/t17-/m1/s1. The molecule has 1 amide bonds. The average Bonchev–Trinajstić information content (AvgIpc) is 2.97. The van der Waals surface area contributed by atoms with E-state index in [2.05, 4.69) is 4.90 Å². The number of carbonyl (C=O) groups excluding carboxylic acids is 1. The lowest BCUT2D eigenvalue weighted by atomic mass is 9.69. The second kappa shape index (κ2) is 6.92. The summed E-state index contributed by atoms with van der Waals surface area (Å²) in [5, 5.41) is 11.3. The number of rotatable bonds is 3. The monoisotopic (exact) mass is 372 g/mol. The topological polar surface area (TPSA) is 53.0 Å². The number of amides is 1. The minimum Gasteiger partial charge on any atom is -0.388 e. The van der Waals surface area contributed by atoms with E-state index >= 15 is 0 Å². The van der Waals surface area contributed by atoms with E-state index in [9.17, 15) is 9.90 Å². The van der Waals surface area contributed by atoms with Crippen LogP contribution >= 0.6 is 22.9 Å². The Balaban J connectivity index is 1.68. The molecule has 3 heterocycles. The van der Waals surface area contributed by atoms with Gasteiger partial charge in [-0.25, -0.2) is 0 Å². The van der Waals surface area contributed by atoms with Gasteiger partial charge in [-0.15, -0.1) is 11.3 Å². The van der Waals surface area contributed by atoms with Crippen LogP contribution in [0.4, 0.5) is 0 Å². The van der Waals surface area contributed by atoms with Crippen molar-refractivity contribution in [3.8, 4) is 0 Å². The van der Waals surface area contributed by atoms with E-state index in [-0.39, 0.29) is 11.3 Å². The van der Waals surface area contributed by atoms with Gasteiger partial charge in [-0.1, -0.05) is 25.4 Å². The number of likely N-dealkylation sites (tertiary alicyclic amines) is 1. The average molecular weight is 373 g/mol. The molecule has 2 fully saturated rings. The minimum atomic E-state index is -0.797. The summed E-state index contributed by atoms with van der Waals surface area (Å²) >= 11 is 7.25. The predicted octanol–water partition coefficient (Wildman–Crippen LogP) is 2.34. The highest BCUT2D eigenvalue weighted by atomic mass is 35.5. The lowest BCUT2D eigenvalue weighted by molar-refractivity contribution is -0.133. The summed E-state index contributed by atoms with van der Waals surface area (Å²) < 4.78 is 6.01. The first-order valence-electron chi connectivity index (χ1n) is 8.38. The molecule has 1 N–H and O–H groups in total. The number of ether oxygens (including phenoxy) is 1. The first-order valence-corrected chi connectivity index (χ1v) is 9.57. The van der Waals surface area contributed by atoms with Gasteiger partial charge < -0.3 is 14.7 Å². The van der Waals surface area contributed by atoms with Crippen LogP contribution in [0.1, 0.15) is 29.9 Å². The Hall–Kier alpha value is -0.660. The summed E-state index contributed by atoms with van der Waals surface area (Å²) in [6.07, 6.45) is 0.586. The van der Waals surface area contributed by atoms with Crippen molar-refractivity contribution in [1.29, 1.82) is 0 Å². The summed E-state index contributed by atoms with van der Waals surface area (Å²) in [4.78, 5) is 17.4.